The summed E-state index contributed by atoms with van der Waals surface area (Å²) in [5.74, 6) is 0.259. The third-order valence-electron chi connectivity index (χ3n) is 7.02. The number of nitrogens with zero attached hydrogens (tertiary/aromatic N) is 3. The molecule has 10 heteroatoms. The van der Waals surface area contributed by atoms with Crippen molar-refractivity contribution in [2.24, 2.45) is 0 Å². The summed E-state index contributed by atoms with van der Waals surface area (Å²) in [4.78, 5) is 18.6. The second-order valence-corrected chi connectivity index (χ2v) is 11.8. The molecule has 1 saturated carbocycles. The first kappa shape index (κ1) is 26.0. The Kier molecular flexibility index (Phi) is 7.00. The van der Waals surface area contributed by atoms with E-state index < -0.39 is 15.9 Å². The first-order valence-corrected chi connectivity index (χ1v) is 14.6. The van der Waals surface area contributed by atoms with Gasteiger partial charge >= 0.3 is 5.69 Å². The fourth-order valence-electron chi connectivity index (χ4n) is 5.02. The number of sulfone groups is 1. The molecule has 0 amide bonds. The normalized spacial score (nSPS) is 14.8. The Morgan fingerprint density at radius 2 is 1.89 bits per heavy atom. The van der Waals surface area contributed by atoms with Gasteiger partial charge in [-0.3, -0.25) is 9.13 Å². The maximum Gasteiger partial charge on any atom is 0.331 e. The first-order valence-electron chi connectivity index (χ1n) is 12.6. The quantitative estimate of drug-likeness (QED) is 0.304. The van der Waals surface area contributed by atoms with E-state index in [9.17, 15) is 17.6 Å². The average molecular weight is 540 g/mol. The summed E-state index contributed by atoms with van der Waals surface area (Å²) in [6.45, 7) is 2.23. The van der Waals surface area contributed by atoms with E-state index in [2.05, 4.69) is 4.98 Å². The van der Waals surface area contributed by atoms with E-state index in [0.29, 0.717) is 46.0 Å². The summed E-state index contributed by atoms with van der Waals surface area (Å²) in [6, 6.07) is 12.4. The molecule has 1 fully saturated rings. The Morgan fingerprint density at radius 3 is 2.53 bits per heavy atom. The predicted octanol–water partition coefficient (Wildman–Crippen LogP) is 4.77. The molecule has 4 aromatic rings. The molecule has 0 aliphatic heterocycles. The predicted molar refractivity (Wildman–Crippen MR) is 144 cm³/mol. The van der Waals surface area contributed by atoms with E-state index in [1.807, 2.05) is 6.92 Å². The smallest absolute Gasteiger partial charge is 0.331 e. The third kappa shape index (κ3) is 4.80. The standard InChI is InChI=1S/C28H30FN3O5S/c1-4-37-26-15-18(12-13-25(26)36-2)24(17-38(3,34)35)32-27-23(31(28(32)33)20-8-7-9-20)14-19(16-30-27)21-10-5-6-11-22(21)29/h5-6,10-16,20,24H,4,7-9,17H2,1-3H3/t24-/m1/s1. The summed E-state index contributed by atoms with van der Waals surface area (Å²) in [5, 5.41) is 0. The van der Waals surface area contributed by atoms with Gasteiger partial charge in [0.15, 0.2) is 17.1 Å². The van der Waals surface area contributed by atoms with Gasteiger partial charge in [-0.1, -0.05) is 24.3 Å². The number of fused-ring (bicyclic) bond motifs is 1. The van der Waals surface area contributed by atoms with Crippen molar-refractivity contribution in [3.63, 3.8) is 0 Å². The van der Waals surface area contributed by atoms with Gasteiger partial charge in [0.25, 0.3) is 0 Å². The fraction of sp³-hybridized carbons (Fsp3) is 0.357. The van der Waals surface area contributed by atoms with E-state index in [4.69, 9.17) is 9.47 Å². The minimum atomic E-state index is -3.52. The van der Waals surface area contributed by atoms with Crippen molar-refractivity contribution in [3.05, 3.63) is 76.6 Å². The third-order valence-corrected chi connectivity index (χ3v) is 7.94. The van der Waals surface area contributed by atoms with Crippen LogP contribution in [0.15, 0.2) is 59.5 Å². The van der Waals surface area contributed by atoms with Crippen LogP contribution in [0.3, 0.4) is 0 Å². The molecule has 2 aromatic heterocycles. The summed E-state index contributed by atoms with van der Waals surface area (Å²) >= 11 is 0. The van der Waals surface area contributed by atoms with Crippen LogP contribution in [-0.2, 0) is 9.84 Å². The molecule has 8 nitrogen and oxygen atoms in total. The van der Waals surface area contributed by atoms with Crippen LogP contribution in [-0.4, -0.2) is 48.3 Å². The van der Waals surface area contributed by atoms with Crippen molar-refractivity contribution >= 4 is 21.0 Å². The van der Waals surface area contributed by atoms with Crippen molar-refractivity contribution in [3.8, 4) is 22.6 Å². The molecule has 0 radical (unpaired) electrons. The summed E-state index contributed by atoms with van der Waals surface area (Å²) in [7, 11) is -2.00. The van der Waals surface area contributed by atoms with E-state index in [-0.39, 0.29) is 23.3 Å². The van der Waals surface area contributed by atoms with Gasteiger partial charge in [0.05, 0.1) is 31.0 Å². The van der Waals surface area contributed by atoms with Gasteiger partial charge in [0, 0.05) is 29.6 Å². The highest BCUT2D eigenvalue weighted by atomic mass is 32.2. The molecule has 2 heterocycles. The number of hydrogen-bond donors (Lipinski definition) is 0. The number of hydrogen-bond acceptors (Lipinski definition) is 6. The minimum Gasteiger partial charge on any atom is -0.493 e. The van der Waals surface area contributed by atoms with Crippen LogP contribution in [0.1, 0.15) is 43.8 Å². The van der Waals surface area contributed by atoms with E-state index in [1.165, 1.54) is 23.9 Å². The molecule has 1 aliphatic carbocycles. The highest BCUT2D eigenvalue weighted by molar-refractivity contribution is 7.90. The molecule has 0 spiro atoms. The zero-order chi connectivity index (χ0) is 27.0. The molecule has 1 aliphatic rings. The van der Waals surface area contributed by atoms with Gasteiger partial charge in [-0.15, -0.1) is 0 Å². The van der Waals surface area contributed by atoms with Gasteiger partial charge in [0.1, 0.15) is 15.7 Å². The zero-order valence-corrected chi connectivity index (χ0v) is 22.4. The maximum absolute atomic E-state index is 14.6. The molecule has 0 bridgehead atoms. The first-order chi connectivity index (χ1) is 18.2. The van der Waals surface area contributed by atoms with Crippen molar-refractivity contribution < 1.29 is 22.3 Å². The number of ether oxygens (including phenoxy) is 2. The number of aromatic nitrogens is 3. The van der Waals surface area contributed by atoms with Crippen LogP contribution >= 0.6 is 0 Å². The molecule has 0 saturated heterocycles. The fourth-order valence-corrected chi connectivity index (χ4v) is 5.93. The maximum atomic E-state index is 14.6. The van der Waals surface area contributed by atoms with E-state index >= 15 is 0 Å². The van der Waals surface area contributed by atoms with Crippen LogP contribution in [0.5, 0.6) is 11.5 Å². The summed E-state index contributed by atoms with van der Waals surface area (Å²) in [5.41, 5.74) is 2.07. The van der Waals surface area contributed by atoms with Gasteiger partial charge in [-0.2, -0.15) is 0 Å². The Morgan fingerprint density at radius 1 is 1.13 bits per heavy atom. The average Bonchev–Trinajstić information content (AvgIpc) is 3.12. The molecular weight excluding hydrogens is 509 g/mol. The summed E-state index contributed by atoms with van der Waals surface area (Å²) < 4.78 is 54.1. The molecule has 5 rings (SSSR count). The van der Waals surface area contributed by atoms with E-state index in [0.717, 1.165) is 25.5 Å². The van der Waals surface area contributed by atoms with Crippen molar-refractivity contribution in [2.45, 2.75) is 38.3 Å². The number of pyridine rings is 1. The number of benzene rings is 2. The van der Waals surface area contributed by atoms with Gasteiger partial charge in [-0.05, 0) is 56.0 Å². The SMILES string of the molecule is CCOc1cc([C@@H](CS(C)(=O)=O)n2c(=O)n(C3CCC3)c3cc(-c4ccccc4F)cnc32)ccc1OC. The number of methoxy groups -OCH3 is 1. The Balaban J connectivity index is 1.76. The second-order valence-electron chi connectivity index (χ2n) is 9.61. The van der Waals surface area contributed by atoms with Gasteiger partial charge < -0.3 is 9.47 Å². The molecular formula is C28H30FN3O5S. The monoisotopic (exact) mass is 539 g/mol. The Labute approximate surface area is 220 Å². The molecule has 1 atom stereocenters. The van der Waals surface area contributed by atoms with Crippen LogP contribution < -0.4 is 15.2 Å². The second kappa shape index (κ2) is 10.2. The lowest BCUT2D eigenvalue weighted by Gasteiger charge is -2.26. The topological polar surface area (TPSA) is 92.4 Å². The van der Waals surface area contributed by atoms with Crippen molar-refractivity contribution in [2.75, 3.05) is 25.7 Å². The van der Waals surface area contributed by atoms with Crippen LogP contribution in [0, 0.1) is 5.82 Å². The Bertz CT molecular complexity index is 1660. The molecule has 38 heavy (non-hydrogen) atoms. The van der Waals surface area contributed by atoms with Crippen molar-refractivity contribution in [1.82, 2.24) is 14.1 Å². The van der Waals surface area contributed by atoms with Crippen LogP contribution in [0.4, 0.5) is 4.39 Å². The minimum absolute atomic E-state index is 0.0299. The zero-order valence-electron chi connectivity index (χ0n) is 21.6. The Hall–Kier alpha value is -3.66. The van der Waals surface area contributed by atoms with Crippen LogP contribution in [0.2, 0.25) is 0 Å². The number of imidazole rings is 1. The lowest BCUT2D eigenvalue weighted by Crippen LogP contribution is -2.34. The van der Waals surface area contributed by atoms with Crippen LogP contribution in [0.25, 0.3) is 22.3 Å². The highest BCUT2D eigenvalue weighted by Crippen LogP contribution is 2.37. The number of rotatable bonds is 9. The van der Waals surface area contributed by atoms with Crippen molar-refractivity contribution in [1.29, 1.82) is 0 Å². The van der Waals surface area contributed by atoms with E-state index in [1.54, 1.807) is 47.0 Å². The lowest BCUT2D eigenvalue weighted by atomic mass is 9.93. The molecule has 200 valence electrons. The van der Waals surface area contributed by atoms with Gasteiger partial charge in [0.2, 0.25) is 0 Å². The molecule has 0 N–H and O–H groups in total. The largest absolute Gasteiger partial charge is 0.493 e. The number of halogens is 1. The van der Waals surface area contributed by atoms with Gasteiger partial charge in [-0.25, -0.2) is 22.6 Å². The molecule has 0 unspecified atom stereocenters. The molecule has 2 aromatic carbocycles. The highest BCUT2D eigenvalue weighted by Gasteiger charge is 2.31. The lowest BCUT2D eigenvalue weighted by molar-refractivity contribution is 0.308. The summed E-state index contributed by atoms with van der Waals surface area (Å²) in [6.07, 6.45) is 5.33.